The summed E-state index contributed by atoms with van der Waals surface area (Å²) in [7, 11) is 1.58. The summed E-state index contributed by atoms with van der Waals surface area (Å²) in [5.74, 6) is 0.131. The molecule has 10 heteroatoms. The fraction of sp³-hybridized carbons (Fsp3) is 0.276. The minimum Gasteiger partial charge on any atom is -0.497 e. The first kappa shape index (κ1) is 26.8. The van der Waals surface area contributed by atoms with E-state index in [1.807, 2.05) is 30.3 Å². The summed E-state index contributed by atoms with van der Waals surface area (Å²) in [5.41, 5.74) is 1.12. The highest BCUT2D eigenvalue weighted by Gasteiger charge is 2.54. The molecule has 39 heavy (non-hydrogen) atoms. The molecule has 2 fully saturated rings. The summed E-state index contributed by atoms with van der Waals surface area (Å²) in [6.07, 6.45) is 0.870. The number of nitrogens with one attached hydrogen (secondary N) is 1. The maximum Gasteiger partial charge on any atom is 0.253 e. The Morgan fingerprint density at radius 3 is 2.28 bits per heavy atom. The SMILES string of the molecule is COc1ccc(NC(=O)CN2CN(c3ccccc3)C3(CCN(C(=O)c4ccc(Cl)c(Cl)c4)CC3)C2=O)cc1. The molecule has 202 valence electrons. The number of para-hydroxylation sites is 1. The number of nitrogens with zero attached hydrogens (tertiary/aromatic N) is 3. The van der Waals surface area contributed by atoms with Crippen LogP contribution >= 0.6 is 23.2 Å². The van der Waals surface area contributed by atoms with Gasteiger partial charge in [-0.15, -0.1) is 0 Å². The number of methoxy groups -OCH3 is 1. The molecule has 8 nitrogen and oxygen atoms in total. The van der Waals surface area contributed by atoms with Gasteiger partial charge in [-0.25, -0.2) is 0 Å². The minimum absolute atomic E-state index is 0.0815. The first-order valence-electron chi connectivity index (χ1n) is 12.6. The third-order valence-corrected chi connectivity index (χ3v) is 8.07. The van der Waals surface area contributed by atoms with E-state index in [1.165, 1.54) is 0 Å². The van der Waals surface area contributed by atoms with Crippen LogP contribution in [0.1, 0.15) is 23.2 Å². The number of carbonyl (C=O) groups is 3. The van der Waals surface area contributed by atoms with Gasteiger partial charge in [-0.2, -0.15) is 0 Å². The average molecular weight is 567 g/mol. The standard InChI is InChI=1S/C29H28Cl2N4O4/c1-39-23-10-8-21(9-11-23)32-26(36)18-34-19-35(22-5-3-2-4-6-22)29(28(34)38)13-15-33(16-14-29)27(37)20-7-12-24(30)25(31)17-20/h2-12,17H,13-16,18-19H2,1H3,(H,32,36). The number of carbonyl (C=O) groups excluding carboxylic acids is 3. The van der Waals surface area contributed by atoms with Crippen molar-refractivity contribution in [3.8, 4) is 5.75 Å². The molecule has 0 saturated carbocycles. The number of piperidine rings is 1. The Labute approximate surface area is 237 Å². The van der Waals surface area contributed by atoms with Crippen LogP contribution in [0.15, 0.2) is 72.8 Å². The highest BCUT2D eigenvalue weighted by atomic mass is 35.5. The highest BCUT2D eigenvalue weighted by Crippen LogP contribution is 2.40. The van der Waals surface area contributed by atoms with Gasteiger partial charge in [0.25, 0.3) is 11.8 Å². The number of ether oxygens (including phenoxy) is 1. The second-order valence-corrected chi connectivity index (χ2v) is 10.5. The summed E-state index contributed by atoms with van der Waals surface area (Å²) in [4.78, 5) is 45.4. The summed E-state index contributed by atoms with van der Waals surface area (Å²) in [5, 5.41) is 3.56. The van der Waals surface area contributed by atoms with E-state index in [1.54, 1.807) is 59.4 Å². The second kappa shape index (κ2) is 11.2. The van der Waals surface area contributed by atoms with Crippen LogP contribution in [0.2, 0.25) is 10.0 Å². The van der Waals surface area contributed by atoms with Crippen molar-refractivity contribution < 1.29 is 19.1 Å². The Morgan fingerprint density at radius 1 is 0.949 bits per heavy atom. The first-order chi connectivity index (χ1) is 18.8. The lowest BCUT2D eigenvalue weighted by Gasteiger charge is -2.43. The van der Waals surface area contributed by atoms with Crippen LogP contribution in [0.3, 0.4) is 0 Å². The molecule has 3 aromatic rings. The summed E-state index contributed by atoms with van der Waals surface area (Å²) in [6, 6.07) is 21.5. The van der Waals surface area contributed by atoms with Crippen molar-refractivity contribution in [1.29, 1.82) is 0 Å². The van der Waals surface area contributed by atoms with E-state index in [2.05, 4.69) is 10.2 Å². The van der Waals surface area contributed by atoms with Crippen LogP contribution in [-0.4, -0.2) is 66.5 Å². The average Bonchev–Trinajstić information content (AvgIpc) is 3.21. The Hall–Kier alpha value is -3.75. The lowest BCUT2D eigenvalue weighted by Crippen LogP contribution is -2.57. The van der Waals surface area contributed by atoms with E-state index in [0.29, 0.717) is 53.0 Å². The van der Waals surface area contributed by atoms with Gasteiger partial charge < -0.3 is 24.8 Å². The van der Waals surface area contributed by atoms with Gasteiger partial charge in [0.2, 0.25) is 5.91 Å². The zero-order valence-corrected chi connectivity index (χ0v) is 22.9. The van der Waals surface area contributed by atoms with Gasteiger partial charge >= 0.3 is 0 Å². The van der Waals surface area contributed by atoms with Gasteiger partial charge in [-0.05, 0) is 67.4 Å². The Kier molecular flexibility index (Phi) is 7.68. The van der Waals surface area contributed by atoms with Crippen LogP contribution in [0.4, 0.5) is 11.4 Å². The van der Waals surface area contributed by atoms with Crippen LogP contribution in [-0.2, 0) is 9.59 Å². The topological polar surface area (TPSA) is 82.2 Å². The van der Waals surface area contributed by atoms with E-state index < -0.39 is 5.54 Å². The van der Waals surface area contributed by atoms with Gasteiger partial charge in [0.05, 0.1) is 23.8 Å². The molecule has 5 rings (SSSR count). The van der Waals surface area contributed by atoms with E-state index in [0.717, 1.165) is 5.69 Å². The third-order valence-electron chi connectivity index (χ3n) is 7.33. The largest absolute Gasteiger partial charge is 0.497 e. The second-order valence-electron chi connectivity index (χ2n) is 9.64. The van der Waals surface area contributed by atoms with Crippen molar-refractivity contribution >= 4 is 52.3 Å². The van der Waals surface area contributed by atoms with Gasteiger partial charge in [0.15, 0.2) is 0 Å². The summed E-state index contributed by atoms with van der Waals surface area (Å²) < 4.78 is 5.16. The fourth-order valence-corrected chi connectivity index (χ4v) is 5.56. The number of hydrogen-bond acceptors (Lipinski definition) is 5. The summed E-state index contributed by atoms with van der Waals surface area (Å²) in [6.45, 7) is 0.974. The van der Waals surface area contributed by atoms with Crippen molar-refractivity contribution in [3.63, 3.8) is 0 Å². The van der Waals surface area contributed by atoms with Crippen molar-refractivity contribution in [1.82, 2.24) is 9.80 Å². The molecule has 2 saturated heterocycles. The third kappa shape index (κ3) is 5.40. The quantitative estimate of drug-likeness (QED) is 0.458. The molecule has 1 N–H and O–H groups in total. The first-order valence-corrected chi connectivity index (χ1v) is 13.4. The van der Waals surface area contributed by atoms with E-state index in [-0.39, 0.29) is 30.9 Å². The van der Waals surface area contributed by atoms with Crippen molar-refractivity contribution in [3.05, 3.63) is 88.4 Å². The van der Waals surface area contributed by atoms with E-state index >= 15 is 0 Å². The molecule has 1 spiro atoms. The fourth-order valence-electron chi connectivity index (χ4n) is 5.26. The molecule has 2 aliphatic rings. The predicted molar refractivity (Wildman–Crippen MR) is 151 cm³/mol. The Balaban J connectivity index is 1.32. The van der Waals surface area contributed by atoms with Gasteiger partial charge in [0.1, 0.15) is 17.8 Å². The molecule has 2 heterocycles. The molecule has 0 aromatic heterocycles. The van der Waals surface area contributed by atoms with Crippen molar-refractivity contribution in [2.45, 2.75) is 18.4 Å². The Morgan fingerprint density at radius 2 is 1.64 bits per heavy atom. The molecule has 0 unspecified atom stereocenters. The number of rotatable bonds is 6. The number of hydrogen-bond donors (Lipinski definition) is 1. The molecule has 0 atom stereocenters. The number of benzene rings is 3. The molecule has 3 aromatic carbocycles. The van der Waals surface area contributed by atoms with Crippen LogP contribution < -0.4 is 15.0 Å². The lowest BCUT2D eigenvalue weighted by atomic mass is 9.85. The number of likely N-dealkylation sites (tertiary alicyclic amines) is 1. The Bertz CT molecular complexity index is 1380. The molecule has 3 amide bonds. The minimum atomic E-state index is -0.851. The van der Waals surface area contributed by atoms with Gasteiger partial charge in [0, 0.05) is 30.0 Å². The van der Waals surface area contributed by atoms with Crippen LogP contribution in [0, 0.1) is 0 Å². The van der Waals surface area contributed by atoms with Crippen LogP contribution in [0.5, 0.6) is 5.75 Å². The highest BCUT2D eigenvalue weighted by molar-refractivity contribution is 6.42. The molecule has 0 radical (unpaired) electrons. The van der Waals surface area contributed by atoms with Crippen molar-refractivity contribution in [2.24, 2.45) is 0 Å². The van der Waals surface area contributed by atoms with Crippen molar-refractivity contribution in [2.75, 3.05) is 43.6 Å². The zero-order valence-electron chi connectivity index (χ0n) is 21.4. The normalized spacial score (nSPS) is 16.5. The summed E-state index contributed by atoms with van der Waals surface area (Å²) >= 11 is 12.1. The van der Waals surface area contributed by atoms with E-state index in [9.17, 15) is 14.4 Å². The maximum absolute atomic E-state index is 13.9. The number of amides is 3. The van der Waals surface area contributed by atoms with Gasteiger partial charge in [-0.3, -0.25) is 14.4 Å². The smallest absolute Gasteiger partial charge is 0.253 e. The van der Waals surface area contributed by atoms with Crippen LogP contribution in [0.25, 0.3) is 0 Å². The maximum atomic E-state index is 13.9. The number of halogens is 2. The molecule has 2 aliphatic heterocycles. The molecule has 0 bridgehead atoms. The van der Waals surface area contributed by atoms with Gasteiger partial charge in [-0.1, -0.05) is 41.4 Å². The monoisotopic (exact) mass is 566 g/mol. The number of anilines is 2. The lowest BCUT2D eigenvalue weighted by molar-refractivity contribution is -0.136. The van der Waals surface area contributed by atoms with E-state index in [4.69, 9.17) is 27.9 Å². The zero-order chi connectivity index (χ0) is 27.6. The molecule has 0 aliphatic carbocycles. The molecular formula is C29H28Cl2N4O4. The molecular weight excluding hydrogens is 539 g/mol. The predicted octanol–water partition coefficient (Wildman–Crippen LogP) is 4.92.